The van der Waals surface area contributed by atoms with Crippen LogP contribution in [0, 0.1) is 12.3 Å². The van der Waals surface area contributed by atoms with Crippen molar-refractivity contribution in [3.63, 3.8) is 0 Å². The lowest BCUT2D eigenvalue weighted by Gasteiger charge is -2.21. The van der Waals surface area contributed by atoms with Crippen LogP contribution >= 0.6 is 0 Å². The summed E-state index contributed by atoms with van der Waals surface area (Å²) >= 11 is 0. The standard InChI is InChI=1S/C30H38N4O4S/c1-19-26(20-9-11-21(12-10-20)27(35)33-18-29(2,3)4)16-24(17-32-19)34-28(36)22-13-23(30(5,6)7)15-25(14-22)39(37,38)31-8/h9-17,31H,18H2,1-8H3,(H,33,35)(H,34,36). The first kappa shape index (κ1) is 30.0. The first-order valence-electron chi connectivity index (χ1n) is 12.8. The first-order valence-corrected chi connectivity index (χ1v) is 14.2. The molecule has 0 fully saturated rings. The number of nitrogens with one attached hydrogen (secondary N) is 3. The maximum Gasteiger partial charge on any atom is 0.255 e. The Morgan fingerprint density at radius 1 is 0.872 bits per heavy atom. The average molecular weight is 551 g/mol. The summed E-state index contributed by atoms with van der Waals surface area (Å²) < 4.78 is 27.4. The predicted octanol–water partition coefficient (Wildman–Crippen LogP) is 5.29. The van der Waals surface area contributed by atoms with Crippen molar-refractivity contribution in [2.75, 3.05) is 18.9 Å². The molecule has 3 rings (SSSR count). The molecule has 2 amide bonds. The number of carbonyl (C=O) groups excluding carboxylic acids is 2. The van der Waals surface area contributed by atoms with Crippen molar-refractivity contribution < 1.29 is 18.0 Å². The van der Waals surface area contributed by atoms with Crippen molar-refractivity contribution in [1.82, 2.24) is 15.0 Å². The second-order valence-corrected chi connectivity index (χ2v) is 13.7. The third-order valence-corrected chi connectivity index (χ3v) is 7.59. The molecule has 39 heavy (non-hydrogen) atoms. The van der Waals surface area contributed by atoms with E-state index in [1.807, 2.05) is 45.9 Å². The van der Waals surface area contributed by atoms with Crippen molar-refractivity contribution >= 4 is 27.5 Å². The van der Waals surface area contributed by atoms with Gasteiger partial charge in [-0.15, -0.1) is 0 Å². The highest BCUT2D eigenvalue weighted by Crippen LogP contribution is 2.28. The number of aromatic nitrogens is 1. The topological polar surface area (TPSA) is 117 Å². The summed E-state index contributed by atoms with van der Waals surface area (Å²) in [4.78, 5) is 30.2. The predicted molar refractivity (Wildman–Crippen MR) is 156 cm³/mol. The SMILES string of the molecule is CNS(=O)(=O)c1cc(C(=O)Nc2cnc(C)c(-c3ccc(C(=O)NCC(C)(C)C)cc3)c2)cc(C(C)(C)C)c1. The fourth-order valence-electron chi connectivity index (χ4n) is 3.78. The second-order valence-electron chi connectivity index (χ2n) is 11.8. The molecular weight excluding hydrogens is 512 g/mol. The normalized spacial score (nSPS) is 12.2. The summed E-state index contributed by atoms with van der Waals surface area (Å²) in [6.07, 6.45) is 1.56. The Morgan fingerprint density at radius 3 is 2.08 bits per heavy atom. The van der Waals surface area contributed by atoms with Crippen LogP contribution in [0.4, 0.5) is 5.69 Å². The zero-order valence-electron chi connectivity index (χ0n) is 23.9. The van der Waals surface area contributed by atoms with Gasteiger partial charge in [0.15, 0.2) is 0 Å². The number of carbonyl (C=O) groups is 2. The summed E-state index contributed by atoms with van der Waals surface area (Å²) in [5, 5.41) is 5.80. The highest BCUT2D eigenvalue weighted by Gasteiger charge is 2.22. The molecule has 3 N–H and O–H groups in total. The molecule has 0 saturated carbocycles. The monoisotopic (exact) mass is 550 g/mol. The molecule has 0 saturated heterocycles. The van der Waals surface area contributed by atoms with Gasteiger partial charge in [0.25, 0.3) is 11.8 Å². The third kappa shape index (κ3) is 7.74. The molecule has 0 aliphatic rings. The van der Waals surface area contributed by atoms with Gasteiger partial charge in [-0.05, 0) is 72.3 Å². The Hall–Kier alpha value is -3.56. The number of nitrogens with zero attached hydrogens (tertiary/aromatic N) is 1. The van der Waals surface area contributed by atoms with E-state index in [0.29, 0.717) is 17.8 Å². The zero-order chi connectivity index (χ0) is 29.2. The lowest BCUT2D eigenvalue weighted by atomic mass is 9.86. The minimum Gasteiger partial charge on any atom is -0.352 e. The van der Waals surface area contributed by atoms with Gasteiger partial charge in [-0.2, -0.15) is 0 Å². The van der Waals surface area contributed by atoms with Gasteiger partial charge in [0.05, 0.1) is 16.8 Å². The van der Waals surface area contributed by atoms with Gasteiger partial charge in [-0.1, -0.05) is 53.7 Å². The Kier molecular flexibility index (Phi) is 8.67. The van der Waals surface area contributed by atoms with Crippen LogP contribution < -0.4 is 15.4 Å². The molecule has 2 aromatic carbocycles. The van der Waals surface area contributed by atoms with Crippen LogP contribution in [0.25, 0.3) is 11.1 Å². The fraction of sp³-hybridized carbons (Fsp3) is 0.367. The van der Waals surface area contributed by atoms with Crippen molar-refractivity contribution in [2.24, 2.45) is 5.41 Å². The van der Waals surface area contributed by atoms with Crippen LogP contribution in [0.2, 0.25) is 0 Å². The molecule has 1 aromatic heterocycles. The van der Waals surface area contributed by atoms with Gasteiger partial charge in [0, 0.05) is 28.9 Å². The molecule has 0 bridgehead atoms. The summed E-state index contributed by atoms with van der Waals surface area (Å²) in [5.41, 5.74) is 3.99. The molecular formula is C30H38N4O4S. The van der Waals surface area contributed by atoms with E-state index in [1.165, 1.54) is 13.1 Å². The van der Waals surface area contributed by atoms with E-state index >= 15 is 0 Å². The number of rotatable bonds is 7. The number of benzene rings is 2. The summed E-state index contributed by atoms with van der Waals surface area (Å²) in [6, 6.07) is 13.7. The van der Waals surface area contributed by atoms with Gasteiger partial charge < -0.3 is 10.6 Å². The minimum absolute atomic E-state index is 0.0139. The van der Waals surface area contributed by atoms with Crippen LogP contribution in [0.1, 0.15) is 73.5 Å². The van der Waals surface area contributed by atoms with E-state index < -0.39 is 15.9 Å². The highest BCUT2D eigenvalue weighted by molar-refractivity contribution is 7.89. The lowest BCUT2D eigenvalue weighted by molar-refractivity contribution is 0.0938. The van der Waals surface area contributed by atoms with Gasteiger partial charge in [0.2, 0.25) is 10.0 Å². The molecule has 0 aliphatic heterocycles. The molecule has 0 aliphatic carbocycles. The lowest BCUT2D eigenvalue weighted by Crippen LogP contribution is -2.32. The summed E-state index contributed by atoms with van der Waals surface area (Å²) in [5.74, 6) is -0.583. The summed E-state index contributed by atoms with van der Waals surface area (Å²) in [7, 11) is -2.41. The number of hydrogen-bond acceptors (Lipinski definition) is 5. The van der Waals surface area contributed by atoms with Crippen LogP contribution in [0.3, 0.4) is 0 Å². The maximum atomic E-state index is 13.2. The van der Waals surface area contributed by atoms with Crippen molar-refractivity contribution in [3.8, 4) is 11.1 Å². The van der Waals surface area contributed by atoms with Crippen molar-refractivity contribution in [1.29, 1.82) is 0 Å². The number of sulfonamides is 1. The number of hydrogen-bond donors (Lipinski definition) is 3. The summed E-state index contributed by atoms with van der Waals surface area (Å²) in [6.45, 7) is 14.5. The molecule has 0 radical (unpaired) electrons. The third-order valence-electron chi connectivity index (χ3n) is 6.20. The van der Waals surface area contributed by atoms with Crippen molar-refractivity contribution in [2.45, 2.75) is 58.8 Å². The van der Waals surface area contributed by atoms with Gasteiger partial charge in [0.1, 0.15) is 0 Å². The zero-order valence-corrected chi connectivity index (χ0v) is 24.7. The molecule has 1 heterocycles. The number of aryl methyl sites for hydroxylation is 1. The number of pyridine rings is 1. The van der Waals surface area contributed by atoms with Gasteiger partial charge in [-0.3, -0.25) is 14.6 Å². The van der Waals surface area contributed by atoms with E-state index in [9.17, 15) is 18.0 Å². The van der Waals surface area contributed by atoms with Crippen LogP contribution in [-0.4, -0.2) is 38.8 Å². The number of anilines is 1. The molecule has 0 unspecified atom stereocenters. The van der Waals surface area contributed by atoms with E-state index in [4.69, 9.17) is 0 Å². The second kappa shape index (κ2) is 11.3. The first-order chi connectivity index (χ1) is 18.0. The molecule has 0 atom stereocenters. The van der Waals surface area contributed by atoms with Gasteiger partial charge >= 0.3 is 0 Å². The highest BCUT2D eigenvalue weighted by atomic mass is 32.2. The van der Waals surface area contributed by atoms with E-state index in [1.54, 1.807) is 30.5 Å². The van der Waals surface area contributed by atoms with E-state index in [-0.39, 0.29) is 27.2 Å². The molecule has 9 heteroatoms. The Morgan fingerprint density at radius 2 is 1.51 bits per heavy atom. The molecule has 0 spiro atoms. The van der Waals surface area contributed by atoms with E-state index in [2.05, 4.69) is 41.1 Å². The average Bonchev–Trinajstić information content (AvgIpc) is 2.87. The molecule has 8 nitrogen and oxygen atoms in total. The van der Waals surface area contributed by atoms with Crippen LogP contribution in [-0.2, 0) is 15.4 Å². The Bertz CT molecular complexity index is 1480. The van der Waals surface area contributed by atoms with Gasteiger partial charge in [-0.25, -0.2) is 13.1 Å². The Labute approximate surface area is 231 Å². The Balaban J connectivity index is 1.88. The molecule has 208 valence electrons. The minimum atomic E-state index is -3.75. The fourth-order valence-corrected chi connectivity index (χ4v) is 4.58. The van der Waals surface area contributed by atoms with Crippen molar-refractivity contribution in [3.05, 3.63) is 77.1 Å². The van der Waals surface area contributed by atoms with Crippen LogP contribution in [0.5, 0.6) is 0 Å². The molecule has 3 aromatic rings. The smallest absolute Gasteiger partial charge is 0.255 e. The maximum absolute atomic E-state index is 13.2. The quantitative estimate of drug-likeness (QED) is 0.370. The largest absolute Gasteiger partial charge is 0.352 e. The van der Waals surface area contributed by atoms with E-state index in [0.717, 1.165) is 22.4 Å². The van der Waals surface area contributed by atoms with Crippen LogP contribution in [0.15, 0.2) is 59.6 Å². The number of amides is 2.